The van der Waals surface area contributed by atoms with Gasteiger partial charge in [0.05, 0.1) is 10.9 Å². The minimum atomic E-state index is -0.265. The number of halogens is 2. The van der Waals surface area contributed by atoms with Gasteiger partial charge < -0.3 is 4.57 Å². The minimum absolute atomic E-state index is 0.217. The Morgan fingerprint density at radius 3 is 2.65 bits per heavy atom. The van der Waals surface area contributed by atoms with Crippen LogP contribution in [0.1, 0.15) is 56.8 Å². The number of imidazole rings is 1. The summed E-state index contributed by atoms with van der Waals surface area (Å²) in [5.74, 6) is 1.16. The molecule has 0 N–H and O–H groups in total. The van der Waals surface area contributed by atoms with Gasteiger partial charge in [0.25, 0.3) is 0 Å². The third-order valence-electron chi connectivity index (χ3n) is 4.54. The lowest BCUT2D eigenvalue weighted by atomic mass is 9.99. The summed E-state index contributed by atoms with van der Waals surface area (Å²) in [6, 6.07) is 5.47. The Kier molecular flexibility index (Phi) is 3.72. The van der Waals surface area contributed by atoms with E-state index in [2.05, 4.69) is 16.5 Å². The maximum absolute atomic E-state index is 14.0. The molecule has 108 valence electrons. The lowest BCUT2D eigenvalue weighted by Crippen LogP contribution is -2.17. The van der Waals surface area contributed by atoms with Crippen LogP contribution in [0.4, 0.5) is 4.39 Å². The molecule has 2 nitrogen and oxygen atoms in total. The lowest BCUT2D eigenvalue weighted by Gasteiger charge is -2.24. The molecule has 1 aromatic heterocycles. The zero-order valence-corrected chi connectivity index (χ0v) is 12.7. The number of alkyl halides is 1. The van der Waals surface area contributed by atoms with Crippen molar-refractivity contribution in [3.05, 3.63) is 29.8 Å². The van der Waals surface area contributed by atoms with Gasteiger partial charge in [-0.05, 0) is 44.7 Å². The zero-order valence-electron chi connectivity index (χ0n) is 11.9. The molecule has 2 unspecified atom stereocenters. The van der Waals surface area contributed by atoms with Gasteiger partial charge in [-0.25, -0.2) is 9.37 Å². The number of benzene rings is 1. The maximum atomic E-state index is 14.0. The molecule has 0 spiro atoms. The van der Waals surface area contributed by atoms with Crippen LogP contribution < -0.4 is 0 Å². The first-order chi connectivity index (χ1) is 9.59. The van der Waals surface area contributed by atoms with Crippen LogP contribution in [-0.2, 0) is 0 Å². The van der Waals surface area contributed by atoms with Gasteiger partial charge in [0.1, 0.15) is 11.3 Å². The van der Waals surface area contributed by atoms with Gasteiger partial charge in [0.15, 0.2) is 5.82 Å². The molecule has 4 heteroatoms. The van der Waals surface area contributed by atoms with E-state index in [1.54, 1.807) is 6.07 Å². The van der Waals surface area contributed by atoms with E-state index in [0.29, 0.717) is 17.5 Å². The van der Waals surface area contributed by atoms with E-state index in [9.17, 15) is 4.39 Å². The number of hydrogen-bond donors (Lipinski definition) is 0. The summed E-state index contributed by atoms with van der Waals surface area (Å²) in [6.07, 6.45) is 5.07. The van der Waals surface area contributed by atoms with Gasteiger partial charge in [-0.1, -0.05) is 18.9 Å². The largest absolute Gasteiger partial charge is 0.324 e. The molecular formula is C16H20ClFN2. The van der Waals surface area contributed by atoms with Crippen LogP contribution in [-0.4, -0.2) is 9.55 Å². The third kappa shape index (κ3) is 2.22. The molecule has 1 aliphatic carbocycles. The summed E-state index contributed by atoms with van der Waals surface area (Å²) in [4.78, 5) is 4.46. The van der Waals surface area contributed by atoms with Crippen LogP contribution in [0.15, 0.2) is 18.2 Å². The Balaban J connectivity index is 2.15. The van der Waals surface area contributed by atoms with Crippen LogP contribution in [0.3, 0.4) is 0 Å². The van der Waals surface area contributed by atoms with E-state index in [4.69, 9.17) is 11.6 Å². The van der Waals surface area contributed by atoms with Crippen molar-refractivity contribution in [1.29, 1.82) is 0 Å². The van der Waals surface area contributed by atoms with Crippen LogP contribution in [0.5, 0.6) is 0 Å². The second-order valence-corrected chi connectivity index (χ2v) is 6.50. The van der Waals surface area contributed by atoms with E-state index < -0.39 is 0 Å². The third-order valence-corrected chi connectivity index (χ3v) is 4.74. The predicted molar refractivity (Wildman–Crippen MR) is 80.6 cm³/mol. The molecule has 1 saturated carbocycles. The standard InChI is InChI=1S/C16H20ClFN2/c1-10(17)16-19-15-13(18)8-5-9-14(15)20(16)11(2)12-6-3-4-7-12/h5,8-12H,3-4,6-7H2,1-2H3. The Morgan fingerprint density at radius 1 is 1.30 bits per heavy atom. The van der Waals surface area contributed by atoms with Crippen molar-refractivity contribution >= 4 is 22.6 Å². The Hall–Kier alpha value is -1.09. The normalized spacial score (nSPS) is 19.6. The topological polar surface area (TPSA) is 17.8 Å². The van der Waals surface area contributed by atoms with E-state index >= 15 is 0 Å². The molecule has 1 aliphatic rings. The molecule has 1 aromatic carbocycles. The van der Waals surface area contributed by atoms with E-state index in [-0.39, 0.29) is 11.2 Å². The van der Waals surface area contributed by atoms with Crippen LogP contribution in [0.25, 0.3) is 11.0 Å². The number of aromatic nitrogens is 2. The van der Waals surface area contributed by atoms with E-state index in [0.717, 1.165) is 11.3 Å². The average molecular weight is 295 g/mol. The molecule has 2 atom stereocenters. The van der Waals surface area contributed by atoms with Crippen LogP contribution >= 0.6 is 11.6 Å². The van der Waals surface area contributed by atoms with E-state index in [1.807, 2.05) is 13.0 Å². The summed E-state index contributed by atoms with van der Waals surface area (Å²) in [7, 11) is 0. The maximum Gasteiger partial charge on any atom is 0.151 e. The highest BCUT2D eigenvalue weighted by molar-refractivity contribution is 6.20. The Labute approximate surface area is 123 Å². The molecule has 0 aliphatic heterocycles. The van der Waals surface area contributed by atoms with Gasteiger partial charge in [-0.15, -0.1) is 11.6 Å². The number of para-hydroxylation sites is 1. The number of hydrogen-bond acceptors (Lipinski definition) is 1. The zero-order chi connectivity index (χ0) is 14.3. The van der Waals surface area contributed by atoms with Crippen molar-refractivity contribution in [2.75, 3.05) is 0 Å². The van der Waals surface area contributed by atoms with Crippen molar-refractivity contribution in [1.82, 2.24) is 9.55 Å². The molecule has 2 aromatic rings. The highest BCUT2D eigenvalue weighted by Gasteiger charge is 2.27. The number of rotatable bonds is 3. The molecule has 20 heavy (non-hydrogen) atoms. The summed E-state index contributed by atoms with van der Waals surface area (Å²) >= 11 is 6.28. The fourth-order valence-electron chi connectivity index (χ4n) is 3.46. The van der Waals surface area contributed by atoms with Crippen molar-refractivity contribution in [2.24, 2.45) is 5.92 Å². The van der Waals surface area contributed by atoms with Gasteiger partial charge in [-0.3, -0.25) is 0 Å². The monoisotopic (exact) mass is 294 g/mol. The second kappa shape index (κ2) is 5.36. The van der Waals surface area contributed by atoms with Crippen molar-refractivity contribution in [3.63, 3.8) is 0 Å². The van der Waals surface area contributed by atoms with Crippen molar-refractivity contribution in [2.45, 2.75) is 50.9 Å². The number of fused-ring (bicyclic) bond motifs is 1. The molecule has 1 heterocycles. The van der Waals surface area contributed by atoms with E-state index in [1.165, 1.54) is 31.7 Å². The summed E-state index contributed by atoms with van der Waals surface area (Å²) in [5, 5.41) is -0.217. The smallest absolute Gasteiger partial charge is 0.151 e. The second-order valence-electron chi connectivity index (χ2n) is 5.85. The number of nitrogens with zero attached hydrogens (tertiary/aromatic N) is 2. The van der Waals surface area contributed by atoms with Gasteiger partial charge in [-0.2, -0.15) is 0 Å². The first-order valence-corrected chi connectivity index (χ1v) is 7.83. The van der Waals surface area contributed by atoms with Crippen LogP contribution in [0.2, 0.25) is 0 Å². The Bertz CT molecular complexity index is 614. The molecule has 0 saturated heterocycles. The fourth-order valence-corrected chi connectivity index (χ4v) is 3.61. The molecule has 3 rings (SSSR count). The lowest BCUT2D eigenvalue weighted by molar-refractivity contribution is 0.359. The van der Waals surface area contributed by atoms with Crippen LogP contribution in [0, 0.1) is 11.7 Å². The first kappa shape index (κ1) is 13.9. The molecule has 0 radical (unpaired) electrons. The molecule has 1 fully saturated rings. The van der Waals surface area contributed by atoms with Gasteiger partial charge in [0, 0.05) is 6.04 Å². The summed E-state index contributed by atoms with van der Waals surface area (Å²) in [6.45, 7) is 4.11. The summed E-state index contributed by atoms with van der Waals surface area (Å²) in [5.41, 5.74) is 1.31. The average Bonchev–Trinajstić information content (AvgIpc) is 3.06. The highest BCUT2D eigenvalue weighted by atomic mass is 35.5. The van der Waals surface area contributed by atoms with Gasteiger partial charge in [0.2, 0.25) is 0 Å². The van der Waals surface area contributed by atoms with Gasteiger partial charge >= 0.3 is 0 Å². The molecule has 0 bridgehead atoms. The minimum Gasteiger partial charge on any atom is -0.324 e. The predicted octanol–water partition coefficient (Wildman–Crippen LogP) is 5.23. The fraction of sp³-hybridized carbons (Fsp3) is 0.562. The first-order valence-electron chi connectivity index (χ1n) is 7.40. The molecular weight excluding hydrogens is 275 g/mol. The SMILES string of the molecule is CC(Cl)c1nc2c(F)cccc2n1C(C)C1CCCC1. The Morgan fingerprint density at radius 2 is 2.00 bits per heavy atom. The van der Waals surface area contributed by atoms with Crippen molar-refractivity contribution < 1.29 is 4.39 Å². The quantitative estimate of drug-likeness (QED) is 0.709. The highest BCUT2D eigenvalue weighted by Crippen LogP contribution is 2.38. The molecule has 0 amide bonds. The summed E-state index contributed by atoms with van der Waals surface area (Å²) < 4.78 is 16.1. The van der Waals surface area contributed by atoms with Crippen molar-refractivity contribution in [3.8, 4) is 0 Å².